The molecular formula is C18H22ClN5O. The summed E-state index contributed by atoms with van der Waals surface area (Å²) in [5, 5.41) is 4.22. The lowest BCUT2D eigenvalue weighted by atomic mass is 10.1. The van der Waals surface area contributed by atoms with Crippen LogP contribution in [0.2, 0.25) is 0 Å². The zero-order valence-electron chi connectivity index (χ0n) is 14.1. The third-order valence-electron chi connectivity index (χ3n) is 3.94. The number of nitrogens with two attached hydrogens (primary N) is 1. The fourth-order valence-electron chi connectivity index (χ4n) is 2.66. The first-order valence-corrected chi connectivity index (χ1v) is 8.03. The Balaban J connectivity index is 0.00000225. The Labute approximate surface area is 153 Å². The van der Waals surface area contributed by atoms with Gasteiger partial charge in [-0.3, -0.25) is 4.79 Å². The molecule has 2 heterocycles. The minimum atomic E-state index is -0.0792. The molecule has 0 aliphatic rings. The number of halogens is 1. The first-order valence-electron chi connectivity index (χ1n) is 8.03. The minimum Gasteiger partial charge on any atom is -0.337 e. The van der Waals surface area contributed by atoms with E-state index in [9.17, 15) is 4.79 Å². The van der Waals surface area contributed by atoms with Gasteiger partial charge in [-0.2, -0.15) is 5.10 Å². The van der Waals surface area contributed by atoms with Crippen molar-refractivity contribution in [1.29, 1.82) is 0 Å². The largest absolute Gasteiger partial charge is 0.337 e. The third-order valence-corrected chi connectivity index (χ3v) is 3.94. The van der Waals surface area contributed by atoms with Crippen molar-refractivity contribution in [1.82, 2.24) is 19.5 Å². The third kappa shape index (κ3) is 4.35. The molecule has 0 spiro atoms. The predicted molar refractivity (Wildman–Crippen MR) is 100 cm³/mol. The van der Waals surface area contributed by atoms with Crippen molar-refractivity contribution in [2.75, 3.05) is 19.6 Å². The quantitative estimate of drug-likeness (QED) is 0.731. The predicted octanol–water partition coefficient (Wildman–Crippen LogP) is 2.10. The first-order chi connectivity index (χ1) is 11.7. The van der Waals surface area contributed by atoms with Crippen LogP contribution >= 0.6 is 12.4 Å². The molecule has 0 radical (unpaired) electrons. The molecule has 0 atom stereocenters. The van der Waals surface area contributed by atoms with E-state index in [1.165, 1.54) is 5.56 Å². The molecule has 3 rings (SSSR count). The van der Waals surface area contributed by atoms with Gasteiger partial charge in [0.25, 0.3) is 5.91 Å². The van der Waals surface area contributed by atoms with Gasteiger partial charge in [0.05, 0.1) is 6.20 Å². The van der Waals surface area contributed by atoms with Gasteiger partial charge < -0.3 is 10.6 Å². The van der Waals surface area contributed by atoms with Crippen molar-refractivity contribution < 1.29 is 4.79 Å². The number of carbonyl (C=O) groups excluding carboxylic acids is 1. The molecule has 2 N–H and O–H groups in total. The Bertz CT molecular complexity index is 834. The molecule has 1 amide bonds. The lowest BCUT2D eigenvalue weighted by Crippen LogP contribution is -2.37. The molecule has 6 nitrogen and oxygen atoms in total. The van der Waals surface area contributed by atoms with Crippen LogP contribution in [0.1, 0.15) is 21.6 Å². The maximum atomic E-state index is 12.9. The van der Waals surface area contributed by atoms with E-state index in [0.29, 0.717) is 30.8 Å². The van der Waals surface area contributed by atoms with Gasteiger partial charge >= 0.3 is 0 Å². The summed E-state index contributed by atoms with van der Waals surface area (Å²) in [6.45, 7) is 3.44. The second-order valence-electron chi connectivity index (χ2n) is 5.71. The van der Waals surface area contributed by atoms with Gasteiger partial charge in [-0.15, -0.1) is 12.4 Å². The van der Waals surface area contributed by atoms with E-state index in [2.05, 4.69) is 22.2 Å². The van der Waals surface area contributed by atoms with Crippen LogP contribution in [0.15, 0.2) is 48.8 Å². The Kier molecular flexibility index (Phi) is 6.50. The molecule has 0 bridgehead atoms. The molecule has 0 saturated heterocycles. The first kappa shape index (κ1) is 18.9. The maximum absolute atomic E-state index is 12.9. The van der Waals surface area contributed by atoms with Crippen LogP contribution in [0.5, 0.6) is 0 Å². The van der Waals surface area contributed by atoms with E-state index in [4.69, 9.17) is 5.73 Å². The number of fused-ring (bicyclic) bond motifs is 1. The fourth-order valence-corrected chi connectivity index (χ4v) is 2.66. The van der Waals surface area contributed by atoms with Crippen LogP contribution in [-0.2, 0) is 6.42 Å². The average molecular weight is 360 g/mol. The Morgan fingerprint density at radius 2 is 1.96 bits per heavy atom. The van der Waals surface area contributed by atoms with Crippen LogP contribution in [0.4, 0.5) is 0 Å². The smallest absolute Gasteiger partial charge is 0.259 e. The summed E-state index contributed by atoms with van der Waals surface area (Å²) in [5.74, 6) is -0.0792. The molecule has 2 aromatic heterocycles. The second kappa shape index (κ2) is 8.60. The van der Waals surface area contributed by atoms with Crippen LogP contribution in [0.3, 0.4) is 0 Å². The highest BCUT2D eigenvalue weighted by atomic mass is 35.5. The van der Waals surface area contributed by atoms with Crippen molar-refractivity contribution >= 4 is 24.0 Å². The molecule has 0 unspecified atom stereocenters. The summed E-state index contributed by atoms with van der Waals surface area (Å²) in [7, 11) is 0. The summed E-state index contributed by atoms with van der Waals surface area (Å²) in [4.78, 5) is 19.1. The van der Waals surface area contributed by atoms with Gasteiger partial charge in [-0.1, -0.05) is 30.3 Å². The average Bonchev–Trinajstić information content (AvgIpc) is 3.02. The summed E-state index contributed by atoms with van der Waals surface area (Å²) >= 11 is 0. The molecule has 0 aliphatic heterocycles. The van der Waals surface area contributed by atoms with E-state index in [-0.39, 0.29) is 18.3 Å². The molecule has 3 aromatic rings. The molecular weight excluding hydrogens is 338 g/mol. The van der Waals surface area contributed by atoms with Gasteiger partial charge in [-0.25, -0.2) is 9.50 Å². The van der Waals surface area contributed by atoms with Gasteiger partial charge in [0.1, 0.15) is 5.56 Å². The number of aryl methyl sites for hydroxylation is 1. The lowest BCUT2D eigenvalue weighted by molar-refractivity contribution is 0.0764. The van der Waals surface area contributed by atoms with E-state index in [1.54, 1.807) is 15.6 Å². The summed E-state index contributed by atoms with van der Waals surface area (Å²) in [6, 6.07) is 12.0. The van der Waals surface area contributed by atoms with E-state index in [0.717, 1.165) is 12.1 Å². The molecule has 25 heavy (non-hydrogen) atoms. The second-order valence-corrected chi connectivity index (χ2v) is 5.71. The minimum absolute atomic E-state index is 0. The zero-order valence-corrected chi connectivity index (χ0v) is 14.9. The van der Waals surface area contributed by atoms with Gasteiger partial charge in [0, 0.05) is 31.5 Å². The highest BCUT2D eigenvalue weighted by Gasteiger charge is 2.20. The molecule has 0 fully saturated rings. The number of amides is 1. The number of hydrogen-bond donors (Lipinski definition) is 1. The zero-order chi connectivity index (χ0) is 16.9. The van der Waals surface area contributed by atoms with Crippen LogP contribution in [0.25, 0.3) is 5.65 Å². The Morgan fingerprint density at radius 3 is 2.68 bits per heavy atom. The summed E-state index contributed by atoms with van der Waals surface area (Å²) in [5.41, 5.74) is 8.84. The number of carbonyl (C=O) groups is 1. The topological polar surface area (TPSA) is 76.5 Å². The molecule has 0 saturated carbocycles. The van der Waals surface area contributed by atoms with Gasteiger partial charge in [0.15, 0.2) is 5.65 Å². The molecule has 132 valence electrons. The van der Waals surface area contributed by atoms with Gasteiger partial charge in [0.2, 0.25) is 0 Å². The SMILES string of the molecule is Cc1ccn2ncc(C(=O)N(CCN)CCc3ccccc3)c2n1.Cl. The fraction of sp³-hybridized carbons (Fsp3) is 0.278. The normalized spacial score (nSPS) is 10.5. The molecule has 0 aliphatic carbocycles. The molecule has 1 aromatic carbocycles. The van der Waals surface area contributed by atoms with Crippen LogP contribution < -0.4 is 5.73 Å². The van der Waals surface area contributed by atoms with Crippen LogP contribution in [0, 0.1) is 6.92 Å². The number of aromatic nitrogens is 3. The standard InChI is InChI=1S/C18H21N5O.ClH/c1-14-7-11-23-17(21-14)16(13-20-23)18(24)22(12-9-19)10-8-15-5-3-2-4-6-15;/h2-7,11,13H,8-10,12,19H2,1H3;1H. The molecule has 7 heteroatoms. The van der Waals surface area contributed by atoms with Crippen molar-refractivity contribution in [2.45, 2.75) is 13.3 Å². The van der Waals surface area contributed by atoms with Crippen molar-refractivity contribution in [2.24, 2.45) is 5.73 Å². The number of nitrogens with zero attached hydrogens (tertiary/aromatic N) is 4. The monoisotopic (exact) mass is 359 g/mol. The van der Waals surface area contributed by atoms with E-state index >= 15 is 0 Å². The number of hydrogen-bond acceptors (Lipinski definition) is 4. The Morgan fingerprint density at radius 1 is 1.20 bits per heavy atom. The van der Waals surface area contributed by atoms with Crippen molar-refractivity contribution in [3.63, 3.8) is 0 Å². The number of rotatable bonds is 6. The van der Waals surface area contributed by atoms with Crippen molar-refractivity contribution in [3.8, 4) is 0 Å². The Hall–Kier alpha value is -2.44. The van der Waals surface area contributed by atoms with Gasteiger partial charge in [-0.05, 0) is 25.0 Å². The van der Waals surface area contributed by atoms with Crippen molar-refractivity contribution in [3.05, 3.63) is 65.6 Å². The highest BCUT2D eigenvalue weighted by Crippen LogP contribution is 2.12. The van der Waals surface area contributed by atoms with E-state index < -0.39 is 0 Å². The highest BCUT2D eigenvalue weighted by molar-refractivity contribution is 5.99. The summed E-state index contributed by atoms with van der Waals surface area (Å²) in [6.07, 6.45) is 4.18. The summed E-state index contributed by atoms with van der Waals surface area (Å²) < 4.78 is 1.62. The maximum Gasteiger partial charge on any atom is 0.259 e. The number of benzene rings is 1. The lowest BCUT2D eigenvalue weighted by Gasteiger charge is -2.21. The van der Waals surface area contributed by atoms with E-state index in [1.807, 2.05) is 37.4 Å². The van der Waals surface area contributed by atoms with Crippen LogP contribution in [-0.4, -0.2) is 45.0 Å².